The summed E-state index contributed by atoms with van der Waals surface area (Å²) < 4.78 is 6.13. The molecular weight excluding hydrogens is 370 g/mol. The topological polar surface area (TPSA) is 55.4 Å². The fraction of sp³-hybridized carbons (Fsp3) is 0.263. The van der Waals surface area contributed by atoms with Crippen molar-refractivity contribution >= 4 is 33.5 Å². The molecule has 0 bridgehead atoms. The largest absolute Gasteiger partial charge is 0.449 e. The highest BCUT2D eigenvalue weighted by atomic mass is 79.9. The molecule has 0 radical (unpaired) electrons. The Morgan fingerprint density at radius 1 is 1.17 bits per heavy atom. The van der Waals surface area contributed by atoms with E-state index in [9.17, 15) is 9.59 Å². The molecule has 2 aromatic rings. The van der Waals surface area contributed by atoms with Crippen LogP contribution >= 0.6 is 15.9 Å². The number of amides is 1. The van der Waals surface area contributed by atoms with E-state index in [1.54, 1.807) is 31.2 Å². The minimum Gasteiger partial charge on any atom is -0.449 e. The highest BCUT2D eigenvalue weighted by molar-refractivity contribution is 9.10. The van der Waals surface area contributed by atoms with E-state index in [1.165, 1.54) is 0 Å². The molecule has 0 saturated carbocycles. The zero-order chi connectivity index (χ0) is 17.7. The van der Waals surface area contributed by atoms with E-state index >= 15 is 0 Å². The molecule has 1 atom stereocenters. The number of para-hydroxylation sites is 1. The highest BCUT2D eigenvalue weighted by Gasteiger charge is 2.20. The first kappa shape index (κ1) is 18.2. The molecule has 24 heavy (non-hydrogen) atoms. The smallest absolute Gasteiger partial charge is 0.338 e. The van der Waals surface area contributed by atoms with Gasteiger partial charge in [-0.1, -0.05) is 41.1 Å². The lowest BCUT2D eigenvalue weighted by atomic mass is 10.1. The molecule has 5 heteroatoms. The van der Waals surface area contributed by atoms with Crippen LogP contribution in [0.25, 0.3) is 0 Å². The molecule has 126 valence electrons. The van der Waals surface area contributed by atoms with Crippen molar-refractivity contribution < 1.29 is 14.3 Å². The number of ether oxygens (including phenoxy) is 1. The first-order valence-electron chi connectivity index (χ1n) is 7.78. The zero-order valence-electron chi connectivity index (χ0n) is 13.9. The minimum absolute atomic E-state index is 0.343. The summed E-state index contributed by atoms with van der Waals surface area (Å²) in [6.45, 7) is 5.53. The van der Waals surface area contributed by atoms with Crippen LogP contribution in [0.1, 0.15) is 35.3 Å². The summed E-state index contributed by atoms with van der Waals surface area (Å²) in [4.78, 5) is 24.5. The van der Waals surface area contributed by atoms with E-state index in [2.05, 4.69) is 21.2 Å². The van der Waals surface area contributed by atoms with Gasteiger partial charge in [-0.25, -0.2) is 4.79 Å². The Kier molecular flexibility index (Phi) is 6.15. The Balaban J connectivity index is 2.05. The molecule has 0 saturated heterocycles. The maximum atomic E-state index is 12.4. The van der Waals surface area contributed by atoms with Crippen molar-refractivity contribution in [3.63, 3.8) is 0 Å². The van der Waals surface area contributed by atoms with E-state index in [0.29, 0.717) is 5.56 Å². The van der Waals surface area contributed by atoms with E-state index in [-0.39, 0.29) is 5.91 Å². The van der Waals surface area contributed by atoms with Gasteiger partial charge >= 0.3 is 5.97 Å². The van der Waals surface area contributed by atoms with Gasteiger partial charge in [0.2, 0.25) is 0 Å². The van der Waals surface area contributed by atoms with Crippen molar-refractivity contribution in [2.45, 2.75) is 33.3 Å². The van der Waals surface area contributed by atoms with Gasteiger partial charge in [0.1, 0.15) is 0 Å². The van der Waals surface area contributed by atoms with Crippen LogP contribution in [0.15, 0.2) is 46.9 Å². The van der Waals surface area contributed by atoms with Gasteiger partial charge in [0.25, 0.3) is 5.91 Å². The third kappa shape index (κ3) is 4.45. The number of aryl methyl sites for hydroxylation is 2. The van der Waals surface area contributed by atoms with Crippen LogP contribution in [0.3, 0.4) is 0 Å². The number of hydrogen-bond donors (Lipinski definition) is 1. The van der Waals surface area contributed by atoms with Crippen LogP contribution in [0, 0.1) is 6.92 Å². The summed E-state index contributed by atoms with van der Waals surface area (Å²) in [5, 5.41) is 2.87. The van der Waals surface area contributed by atoms with Gasteiger partial charge in [0.15, 0.2) is 6.10 Å². The van der Waals surface area contributed by atoms with Crippen LogP contribution in [0.4, 0.5) is 5.69 Å². The average molecular weight is 390 g/mol. The molecule has 2 rings (SSSR count). The van der Waals surface area contributed by atoms with Gasteiger partial charge in [-0.2, -0.15) is 0 Å². The van der Waals surface area contributed by atoms with Crippen LogP contribution in [-0.4, -0.2) is 18.0 Å². The standard InChI is InChI=1S/C19H20BrNO3/c1-4-14-7-5-6-12(2)17(14)21-18(22)13(3)24-19(23)15-8-10-16(20)11-9-15/h5-11,13H,4H2,1-3H3,(H,21,22)/t13-/m1/s1. The molecule has 0 heterocycles. The normalized spacial score (nSPS) is 11.7. The predicted molar refractivity (Wildman–Crippen MR) is 98.2 cm³/mol. The summed E-state index contributed by atoms with van der Waals surface area (Å²) in [7, 11) is 0. The number of esters is 1. The van der Waals surface area contributed by atoms with E-state index in [4.69, 9.17) is 4.74 Å². The Hall–Kier alpha value is -2.14. The summed E-state index contributed by atoms with van der Waals surface area (Å²) in [5.74, 6) is -0.866. The van der Waals surface area contributed by atoms with Crippen LogP contribution in [0.2, 0.25) is 0 Å². The third-order valence-electron chi connectivity index (χ3n) is 3.72. The number of rotatable bonds is 5. The molecular formula is C19H20BrNO3. The Bertz CT molecular complexity index is 741. The lowest BCUT2D eigenvalue weighted by Gasteiger charge is -2.17. The summed E-state index contributed by atoms with van der Waals surface area (Å²) >= 11 is 3.31. The molecule has 2 aromatic carbocycles. The van der Waals surface area contributed by atoms with Crippen molar-refractivity contribution in [1.82, 2.24) is 0 Å². The maximum absolute atomic E-state index is 12.4. The second kappa shape index (κ2) is 8.11. The first-order valence-corrected chi connectivity index (χ1v) is 8.57. The zero-order valence-corrected chi connectivity index (χ0v) is 15.5. The average Bonchev–Trinajstić information content (AvgIpc) is 2.57. The van der Waals surface area contributed by atoms with Crippen molar-refractivity contribution in [1.29, 1.82) is 0 Å². The number of hydrogen-bond acceptors (Lipinski definition) is 3. The van der Waals surface area contributed by atoms with Crippen molar-refractivity contribution in [3.8, 4) is 0 Å². The fourth-order valence-electron chi connectivity index (χ4n) is 2.29. The number of benzene rings is 2. The summed E-state index contributed by atoms with van der Waals surface area (Å²) in [6, 6.07) is 12.7. The molecule has 0 aliphatic rings. The van der Waals surface area contributed by atoms with Gasteiger partial charge in [0.05, 0.1) is 5.56 Å². The summed E-state index contributed by atoms with van der Waals surface area (Å²) in [6.07, 6.45) is -0.0740. The molecule has 0 aliphatic carbocycles. The van der Waals surface area contributed by atoms with Crippen LogP contribution in [-0.2, 0) is 16.0 Å². The third-order valence-corrected chi connectivity index (χ3v) is 4.25. The highest BCUT2D eigenvalue weighted by Crippen LogP contribution is 2.21. The van der Waals surface area contributed by atoms with Crippen molar-refractivity contribution in [2.24, 2.45) is 0 Å². The van der Waals surface area contributed by atoms with Gasteiger partial charge in [0, 0.05) is 10.2 Å². The van der Waals surface area contributed by atoms with Crippen molar-refractivity contribution in [2.75, 3.05) is 5.32 Å². The Labute approximate surface area is 150 Å². The van der Waals surface area contributed by atoms with Gasteiger partial charge in [-0.15, -0.1) is 0 Å². The molecule has 0 aromatic heterocycles. The molecule has 0 aliphatic heterocycles. The van der Waals surface area contributed by atoms with Crippen molar-refractivity contribution in [3.05, 3.63) is 63.6 Å². The van der Waals surface area contributed by atoms with E-state index in [0.717, 1.165) is 27.7 Å². The van der Waals surface area contributed by atoms with E-state index in [1.807, 2.05) is 32.0 Å². The first-order chi connectivity index (χ1) is 11.4. The second-order valence-corrected chi connectivity index (χ2v) is 6.42. The number of anilines is 1. The van der Waals surface area contributed by atoms with Gasteiger partial charge in [-0.05, 0) is 55.7 Å². The fourth-order valence-corrected chi connectivity index (χ4v) is 2.56. The summed E-state index contributed by atoms with van der Waals surface area (Å²) in [5.41, 5.74) is 3.23. The molecule has 0 spiro atoms. The molecule has 0 fully saturated rings. The Morgan fingerprint density at radius 3 is 2.46 bits per heavy atom. The van der Waals surface area contributed by atoms with Crippen LogP contribution < -0.4 is 5.32 Å². The lowest BCUT2D eigenvalue weighted by molar-refractivity contribution is -0.123. The minimum atomic E-state index is -0.884. The SMILES string of the molecule is CCc1cccc(C)c1NC(=O)[C@@H](C)OC(=O)c1ccc(Br)cc1. The van der Waals surface area contributed by atoms with Gasteiger partial charge in [-0.3, -0.25) is 4.79 Å². The number of halogens is 1. The lowest BCUT2D eigenvalue weighted by Crippen LogP contribution is -2.30. The number of carbonyl (C=O) groups is 2. The maximum Gasteiger partial charge on any atom is 0.338 e. The monoisotopic (exact) mass is 389 g/mol. The molecule has 1 N–H and O–H groups in total. The van der Waals surface area contributed by atoms with Gasteiger partial charge < -0.3 is 10.1 Å². The molecule has 1 amide bonds. The Morgan fingerprint density at radius 2 is 1.83 bits per heavy atom. The second-order valence-electron chi connectivity index (χ2n) is 5.51. The number of carbonyl (C=O) groups excluding carboxylic acids is 2. The predicted octanol–water partition coefficient (Wildman–Crippen LogP) is 4.50. The molecule has 0 unspecified atom stereocenters. The van der Waals surface area contributed by atoms with E-state index < -0.39 is 12.1 Å². The quantitative estimate of drug-likeness (QED) is 0.765. The van der Waals surface area contributed by atoms with Crippen LogP contribution in [0.5, 0.6) is 0 Å². The number of nitrogens with one attached hydrogen (secondary N) is 1. The molecule has 4 nitrogen and oxygen atoms in total.